The number of carbonyl (C=O) groups is 2. The molecule has 1 atom stereocenters. The van der Waals surface area contributed by atoms with Crippen molar-refractivity contribution >= 4 is 23.4 Å². The molecule has 0 saturated carbocycles. The van der Waals surface area contributed by atoms with Gasteiger partial charge in [-0.1, -0.05) is 23.7 Å². The van der Waals surface area contributed by atoms with Crippen LogP contribution in [-0.4, -0.2) is 34.0 Å². The molecule has 0 unspecified atom stereocenters. The normalized spacial score (nSPS) is 14.7. The van der Waals surface area contributed by atoms with Crippen molar-refractivity contribution in [3.8, 4) is 5.75 Å². The van der Waals surface area contributed by atoms with E-state index in [1.165, 1.54) is 19.4 Å². The van der Waals surface area contributed by atoms with E-state index in [2.05, 4.69) is 10.2 Å². The monoisotopic (exact) mass is 454 g/mol. The number of halogens is 2. The molecule has 0 bridgehead atoms. The first-order chi connectivity index (χ1) is 15.4. The van der Waals surface area contributed by atoms with Gasteiger partial charge in [0.1, 0.15) is 11.6 Å². The van der Waals surface area contributed by atoms with E-state index in [0.717, 1.165) is 0 Å². The van der Waals surface area contributed by atoms with Crippen LogP contribution in [0, 0.1) is 5.82 Å². The van der Waals surface area contributed by atoms with E-state index in [0.29, 0.717) is 40.8 Å². The van der Waals surface area contributed by atoms with Crippen molar-refractivity contribution in [3.63, 3.8) is 0 Å². The molecule has 9 heteroatoms. The molecule has 4 rings (SSSR count). The third kappa shape index (κ3) is 4.01. The predicted octanol–water partition coefficient (Wildman–Crippen LogP) is 3.71. The number of hydrogen-bond acceptors (Lipinski definition) is 5. The molecule has 32 heavy (non-hydrogen) atoms. The zero-order chi connectivity index (χ0) is 22.8. The minimum atomic E-state index is -0.751. The summed E-state index contributed by atoms with van der Waals surface area (Å²) in [7, 11) is 1.48. The smallest absolute Gasteiger partial charge is 0.269 e. The summed E-state index contributed by atoms with van der Waals surface area (Å²) in [4.78, 5) is 27.2. The van der Waals surface area contributed by atoms with Gasteiger partial charge in [0.05, 0.1) is 18.7 Å². The van der Waals surface area contributed by atoms with Crippen molar-refractivity contribution in [2.45, 2.75) is 25.4 Å². The number of carbonyl (C=O) groups excluding carboxylic acids is 2. The topological polar surface area (TPSA) is 98.4 Å². The molecular weight excluding hydrogens is 435 g/mol. The number of nitrogens with zero attached hydrogens (tertiary/aromatic N) is 3. The van der Waals surface area contributed by atoms with Crippen LogP contribution in [-0.2, 0) is 13.0 Å². The van der Waals surface area contributed by atoms with Gasteiger partial charge in [0.2, 0.25) is 0 Å². The fourth-order valence-corrected chi connectivity index (χ4v) is 4.33. The van der Waals surface area contributed by atoms with E-state index in [-0.39, 0.29) is 23.2 Å². The molecule has 7 nitrogen and oxygen atoms in total. The highest BCUT2D eigenvalue weighted by atomic mass is 35.5. The largest absolute Gasteiger partial charge is 0.496 e. The summed E-state index contributed by atoms with van der Waals surface area (Å²) in [6.07, 6.45) is 2.38. The average molecular weight is 455 g/mol. The Hall–Kier alpha value is -3.52. The molecular formula is C23H20ClFN4O3. The molecule has 1 aromatic heterocycles. The molecule has 1 aliphatic carbocycles. The summed E-state index contributed by atoms with van der Waals surface area (Å²) in [5.41, 5.74) is 7.38. The molecule has 3 aromatic rings. The fourth-order valence-electron chi connectivity index (χ4n) is 4.12. The summed E-state index contributed by atoms with van der Waals surface area (Å²) in [5, 5.41) is 7.80. The van der Waals surface area contributed by atoms with E-state index in [9.17, 15) is 14.0 Å². The van der Waals surface area contributed by atoms with Gasteiger partial charge in [-0.2, -0.15) is 5.10 Å². The Morgan fingerprint density at radius 2 is 2.06 bits per heavy atom. The number of nitrogens with two attached hydrogens (primary N) is 1. The van der Waals surface area contributed by atoms with Gasteiger partial charge in [0.15, 0.2) is 5.69 Å². The number of ether oxygens (including phenoxy) is 1. The number of amides is 2. The molecule has 1 heterocycles. The highest BCUT2D eigenvalue weighted by Gasteiger charge is 2.35. The highest BCUT2D eigenvalue weighted by Crippen LogP contribution is 2.40. The predicted molar refractivity (Wildman–Crippen MR) is 116 cm³/mol. The lowest BCUT2D eigenvalue weighted by Gasteiger charge is -2.31. The minimum Gasteiger partial charge on any atom is -0.496 e. The Labute approximate surface area is 189 Å². The van der Waals surface area contributed by atoms with Gasteiger partial charge in [-0.25, -0.2) is 4.39 Å². The number of para-hydroxylation sites is 1. The summed E-state index contributed by atoms with van der Waals surface area (Å²) < 4.78 is 19.9. The molecule has 0 saturated heterocycles. The number of aromatic nitrogens is 2. The maximum Gasteiger partial charge on any atom is 0.269 e. The maximum absolute atomic E-state index is 14.5. The van der Waals surface area contributed by atoms with Crippen molar-refractivity contribution in [1.29, 1.82) is 0 Å². The molecule has 0 radical (unpaired) electrons. The molecule has 164 valence electrons. The second-order valence-corrected chi connectivity index (χ2v) is 7.85. The lowest BCUT2D eigenvalue weighted by Crippen LogP contribution is -2.35. The Morgan fingerprint density at radius 3 is 2.81 bits per heavy atom. The molecule has 1 aliphatic rings. The second-order valence-electron chi connectivity index (χ2n) is 7.41. The summed E-state index contributed by atoms with van der Waals surface area (Å²) in [6, 6.07) is 10.9. The minimum absolute atomic E-state index is 0.0168. The van der Waals surface area contributed by atoms with E-state index < -0.39 is 17.8 Å². The van der Waals surface area contributed by atoms with Gasteiger partial charge in [-0.3, -0.25) is 9.59 Å². The first-order valence-corrected chi connectivity index (χ1v) is 10.3. The number of hydrogen-bond donors (Lipinski definition) is 1. The van der Waals surface area contributed by atoms with Crippen LogP contribution in [0.4, 0.5) is 4.39 Å². The van der Waals surface area contributed by atoms with Crippen LogP contribution in [0.5, 0.6) is 5.75 Å². The molecule has 2 aromatic carbocycles. The number of benzene rings is 2. The van der Waals surface area contributed by atoms with Crippen molar-refractivity contribution < 1.29 is 18.7 Å². The van der Waals surface area contributed by atoms with Crippen molar-refractivity contribution in [2.24, 2.45) is 5.73 Å². The van der Waals surface area contributed by atoms with Gasteiger partial charge >= 0.3 is 0 Å². The van der Waals surface area contributed by atoms with Crippen LogP contribution in [0.15, 0.2) is 48.7 Å². The Balaban J connectivity index is 1.82. The Kier molecular flexibility index (Phi) is 6.05. The van der Waals surface area contributed by atoms with E-state index >= 15 is 0 Å². The van der Waals surface area contributed by atoms with E-state index in [4.69, 9.17) is 22.1 Å². The van der Waals surface area contributed by atoms with Gasteiger partial charge in [-0.05, 0) is 54.3 Å². The van der Waals surface area contributed by atoms with Crippen LogP contribution in [0.1, 0.15) is 50.0 Å². The van der Waals surface area contributed by atoms with Gasteiger partial charge in [0.25, 0.3) is 11.8 Å². The molecule has 2 amide bonds. The molecule has 0 spiro atoms. The highest BCUT2D eigenvalue weighted by molar-refractivity contribution is 6.30. The molecule has 0 aliphatic heterocycles. The lowest BCUT2D eigenvalue weighted by molar-refractivity contribution is 0.0652. The summed E-state index contributed by atoms with van der Waals surface area (Å²) in [5.74, 6) is -1.09. The van der Waals surface area contributed by atoms with E-state index in [1.807, 2.05) is 0 Å². The van der Waals surface area contributed by atoms with Crippen molar-refractivity contribution in [2.75, 3.05) is 7.11 Å². The van der Waals surface area contributed by atoms with Gasteiger partial charge < -0.3 is 15.4 Å². The van der Waals surface area contributed by atoms with Crippen LogP contribution in [0.3, 0.4) is 0 Å². The third-order valence-corrected chi connectivity index (χ3v) is 5.79. The SMILES string of the molecule is COc1ccccc1C(=O)N(Cc1ccnnc1C(N)=O)[C@@H]1CCc2c(F)cc(Cl)cc21. The van der Waals surface area contributed by atoms with Crippen LogP contribution < -0.4 is 10.5 Å². The first-order valence-electron chi connectivity index (χ1n) is 9.93. The van der Waals surface area contributed by atoms with Crippen LogP contribution in [0.25, 0.3) is 0 Å². The van der Waals surface area contributed by atoms with Crippen molar-refractivity contribution in [1.82, 2.24) is 15.1 Å². The number of methoxy groups -OCH3 is 1. The van der Waals surface area contributed by atoms with Crippen molar-refractivity contribution in [3.05, 3.63) is 87.4 Å². The summed E-state index contributed by atoms with van der Waals surface area (Å²) in [6.45, 7) is 0.0168. The number of primary amides is 1. The van der Waals surface area contributed by atoms with Gasteiger partial charge in [-0.15, -0.1) is 5.10 Å². The Morgan fingerprint density at radius 1 is 1.28 bits per heavy atom. The van der Waals surface area contributed by atoms with Gasteiger partial charge in [0, 0.05) is 23.3 Å². The fraction of sp³-hybridized carbons (Fsp3) is 0.217. The molecule has 0 fully saturated rings. The zero-order valence-corrected chi connectivity index (χ0v) is 18.0. The average Bonchev–Trinajstić information content (AvgIpc) is 3.21. The third-order valence-electron chi connectivity index (χ3n) is 5.57. The zero-order valence-electron chi connectivity index (χ0n) is 17.2. The first kappa shape index (κ1) is 21.7. The summed E-state index contributed by atoms with van der Waals surface area (Å²) >= 11 is 6.13. The molecule has 2 N–H and O–H groups in total. The second kappa shape index (κ2) is 8.92. The van der Waals surface area contributed by atoms with Crippen LogP contribution >= 0.6 is 11.6 Å². The van der Waals surface area contributed by atoms with Crippen LogP contribution in [0.2, 0.25) is 5.02 Å². The van der Waals surface area contributed by atoms with E-state index in [1.54, 1.807) is 41.3 Å². The number of rotatable bonds is 6. The maximum atomic E-state index is 14.5. The Bertz CT molecular complexity index is 1200. The standard InChI is InChI=1S/C23H20ClFN4O3/c1-32-20-5-3-2-4-16(20)23(31)29(12-13-8-9-27-28-21(13)22(26)30)19-7-6-15-17(19)10-14(24)11-18(15)25/h2-5,8-11,19H,6-7,12H2,1H3,(H2,26,30)/t19-/m1/s1. The lowest BCUT2D eigenvalue weighted by atomic mass is 10.0. The quantitative estimate of drug-likeness (QED) is 0.612. The number of fused-ring (bicyclic) bond motifs is 1.